The molecule has 0 saturated heterocycles. The number of hydrogen-bond acceptors (Lipinski definition) is 4. The van der Waals surface area contributed by atoms with Crippen molar-refractivity contribution in [2.24, 2.45) is 0 Å². The lowest BCUT2D eigenvalue weighted by molar-refractivity contribution is 0.0996. The van der Waals surface area contributed by atoms with Crippen LogP contribution in [0.25, 0.3) is 11.0 Å². The van der Waals surface area contributed by atoms with Crippen molar-refractivity contribution in [1.82, 2.24) is 9.97 Å². The quantitative estimate of drug-likeness (QED) is 0.774. The Morgan fingerprint density at radius 1 is 1.20 bits per heavy atom. The number of carbonyl (C=O) groups excluding carboxylic acids is 1. The van der Waals surface area contributed by atoms with E-state index in [1.165, 1.54) is 6.26 Å². The minimum absolute atomic E-state index is 0.250. The van der Waals surface area contributed by atoms with E-state index in [2.05, 4.69) is 15.3 Å². The lowest BCUT2D eigenvalue weighted by Crippen LogP contribution is -2.12. The molecule has 0 aliphatic rings. The number of furan rings is 1. The molecule has 3 heterocycles. The Bertz CT molecular complexity index is 779. The van der Waals surface area contributed by atoms with Crippen LogP contribution in [0.2, 0.25) is 0 Å². The number of amides is 1. The van der Waals surface area contributed by atoms with E-state index in [1.807, 2.05) is 26.0 Å². The molecule has 0 bridgehead atoms. The molecule has 0 spiro atoms. The zero-order valence-corrected chi connectivity index (χ0v) is 11.2. The lowest BCUT2D eigenvalue weighted by Gasteiger charge is -2.06. The first-order chi connectivity index (χ1) is 9.63. The van der Waals surface area contributed by atoms with Crippen molar-refractivity contribution in [3.63, 3.8) is 0 Å². The zero-order chi connectivity index (χ0) is 14.1. The first-order valence-corrected chi connectivity index (χ1v) is 6.23. The van der Waals surface area contributed by atoms with E-state index >= 15 is 0 Å². The molecule has 0 atom stereocenters. The SMILES string of the molecule is Cc1cc(C)c2ccc(NC(=O)c3ccco3)nc2n1. The van der Waals surface area contributed by atoms with Crippen molar-refractivity contribution in [1.29, 1.82) is 0 Å². The molecule has 0 aliphatic heterocycles. The maximum Gasteiger partial charge on any atom is 0.292 e. The Hall–Kier alpha value is -2.69. The van der Waals surface area contributed by atoms with Gasteiger partial charge >= 0.3 is 0 Å². The average Bonchev–Trinajstić information content (AvgIpc) is 2.91. The van der Waals surface area contributed by atoms with Crippen LogP contribution in [0.15, 0.2) is 41.0 Å². The van der Waals surface area contributed by atoms with Crippen LogP contribution in [-0.2, 0) is 0 Å². The van der Waals surface area contributed by atoms with Crippen LogP contribution in [0.1, 0.15) is 21.8 Å². The standard InChI is InChI=1S/C15H13N3O2/c1-9-8-10(2)16-14-11(9)5-6-13(17-14)18-15(19)12-4-3-7-20-12/h3-8H,1-2H3,(H,16,17,18,19). The first-order valence-electron chi connectivity index (χ1n) is 6.23. The Kier molecular flexibility index (Phi) is 2.95. The molecule has 0 saturated carbocycles. The number of carbonyl (C=O) groups is 1. The number of nitrogens with one attached hydrogen (secondary N) is 1. The predicted octanol–water partition coefficient (Wildman–Crippen LogP) is 3.09. The van der Waals surface area contributed by atoms with Crippen molar-refractivity contribution in [3.05, 3.63) is 53.6 Å². The Morgan fingerprint density at radius 3 is 2.80 bits per heavy atom. The summed E-state index contributed by atoms with van der Waals surface area (Å²) in [5.74, 6) is 0.378. The van der Waals surface area contributed by atoms with Crippen molar-refractivity contribution in [2.45, 2.75) is 13.8 Å². The van der Waals surface area contributed by atoms with Crippen molar-refractivity contribution >= 4 is 22.8 Å². The van der Waals surface area contributed by atoms with Crippen molar-refractivity contribution < 1.29 is 9.21 Å². The maximum atomic E-state index is 11.9. The molecule has 3 aromatic rings. The second-order valence-corrected chi connectivity index (χ2v) is 4.58. The summed E-state index contributed by atoms with van der Waals surface area (Å²) in [6.45, 7) is 3.93. The summed E-state index contributed by atoms with van der Waals surface area (Å²) in [6, 6.07) is 8.93. The molecule has 5 nitrogen and oxygen atoms in total. The van der Waals surface area contributed by atoms with Crippen LogP contribution in [0.3, 0.4) is 0 Å². The normalized spacial score (nSPS) is 10.7. The van der Waals surface area contributed by atoms with Gasteiger partial charge in [0.1, 0.15) is 5.82 Å². The minimum atomic E-state index is -0.328. The number of aryl methyl sites for hydroxylation is 2. The molecule has 0 radical (unpaired) electrons. The van der Waals surface area contributed by atoms with Gasteiger partial charge in [-0.3, -0.25) is 4.79 Å². The summed E-state index contributed by atoms with van der Waals surface area (Å²) in [5, 5.41) is 3.67. The molecule has 20 heavy (non-hydrogen) atoms. The third-order valence-electron chi connectivity index (χ3n) is 2.99. The second-order valence-electron chi connectivity index (χ2n) is 4.58. The molecule has 5 heteroatoms. The summed E-state index contributed by atoms with van der Waals surface area (Å²) < 4.78 is 5.04. The third-order valence-corrected chi connectivity index (χ3v) is 2.99. The van der Waals surface area contributed by atoms with Gasteiger partial charge in [-0.15, -0.1) is 0 Å². The Morgan fingerprint density at radius 2 is 2.05 bits per heavy atom. The molecule has 100 valence electrons. The van der Waals surface area contributed by atoms with E-state index in [0.29, 0.717) is 11.5 Å². The second kappa shape index (κ2) is 4.77. The third kappa shape index (κ3) is 2.25. The average molecular weight is 267 g/mol. The summed E-state index contributed by atoms with van der Waals surface area (Å²) in [7, 11) is 0. The zero-order valence-electron chi connectivity index (χ0n) is 11.2. The summed E-state index contributed by atoms with van der Waals surface area (Å²) in [6.07, 6.45) is 1.46. The fourth-order valence-corrected chi connectivity index (χ4v) is 2.09. The van der Waals surface area contributed by atoms with Crippen LogP contribution in [0.5, 0.6) is 0 Å². The minimum Gasteiger partial charge on any atom is -0.459 e. The van der Waals surface area contributed by atoms with Crippen LogP contribution in [0, 0.1) is 13.8 Å². The smallest absolute Gasteiger partial charge is 0.292 e. The first kappa shape index (κ1) is 12.3. The van der Waals surface area contributed by atoms with Gasteiger partial charge in [-0.1, -0.05) is 0 Å². The van der Waals surface area contributed by atoms with Gasteiger partial charge in [-0.05, 0) is 49.7 Å². The molecule has 0 unspecified atom stereocenters. The molecule has 0 aliphatic carbocycles. The van der Waals surface area contributed by atoms with Gasteiger partial charge in [-0.25, -0.2) is 9.97 Å². The van der Waals surface area contributed by atoms with Crippen LogP contribution in [-0.4, -0.2) is 15.9 Å². The molecule has 3 aromatic heterocycles. The fraction of sp³-hybridized carbons (Fsp3) is 0.133. The van der Waals surface area contributed by atoms with Gasteiger partial charge in [0.15, 0.2) is 11.4 Å². The van der Waals surface area contributed by atoms with Gasteiger partial charge < -0.3 is 9.73 Å². The number of fused-ring (bicyclic) bond motifs is 1. The highest BCUT2D eigenvalue weighted by Gasteiger charge is 2.10. The van der Waals surface area contributed by atoms with E-state index in [4.69, 9.17) is 4.42 Å². The Labute approximate surface area is 115 Å². The van der Waals surface area contributed by atoms with Crippen LogP contribution >= 0.6 is 0 Å². The van der Waals surface area contributed by atoms with Gasteiger partial charge in [0.25, 0.3) is 5.91 Å². The highest BCUT2D eigenvalue weighted by molar-refractivity contribution is 6.02. The lowest BCUT2D eigenvalue weighted by atomic mass is 10.1. The van der Waals surface area contributed by atoms with Gasteiger partial charge in [0.05, 0.1) is 6.26 Å². The fourth-order valence-electron chi connectivity index (χ4n) is 2.09. The predicted molar refractivity (Wildman–Crippen MR) is 75.7 cm³/mol. The van der Waals surface area contributed by atoms with E-state index in [1.54, 1.807) is 18.2 Å². The van der Waals surface area contributed by atoms with Gasteiger partial charge in [0, 0.05) is 11.1 Å². The molecular formula is C15H13N3O2. The van der Waals surface area contributed by atoms with E-state index in [9.17, 15) is 4.79 Å². The van der Waals surface area contributed by atoms with Crippen LogP contribution < -0.4 is 5.32 Å². The summed E-state index contributed by atoms with van der Waals surface area (Å²) in [4.78, 5) is 20.6. The number of hydrogen-bond donors (Lipinski definition) is 1. The van der Waals surface area contributed by atoms with E-state index < -0.39 is 0 Å². The highest BCUT2D eigenvalue weighted by atomic mass is 16.3. The van der Waals surface area contributed by atoms with Crippen LogP contribution in [0.4, 0.5) is 5.82 Å². The monoisotopic (exact) mass is 267 g/mol. The number of pyridine rings is 2. The number of rotatable bonds is 2. The molecule has 0 fully saturated rings. The highest BCUT2D eigenvalue weighted by Crippen LogP contribution is 2.18. The van der Waals surface area contributed by atoms with Crippen molar-refractivity contribution in [3.8, 4) is 0 Å². The Balaban J connectivity index is 1.95. The summed E-state index contributed by atoms with van der Waals surface area (Å²) >= 11 is 0. The maximum absolute atomic E-state index is 11.9. The van der Waals surface area contributed by atoms with E-state index in [0.717, 1.165) is 16.6 Å². The molecule has 0 aromatic carbocycles. The molecule has 3 rings (SSSR count). The molecule has 1 N–H and O–H groups in total. The molecule has 1 amide bonds. The van der Waals surface area contributed by atoms with Gasteiger partial charge in [-0.2, -0.15) is 0 Å². The topological polar surface area (TPSA) is 68.0 Å². The number of aromatic nitrogens is 2. The van der Waals surface area contributed by atoms with Crippen molar-refractivity contribution in [2.75, 3.05) is 5.32 Å². The van der Waals surface area contributed by atoms with E-state index in [-0.39, 0.29) is 11.7 Å². The van der Waals surface area contributed by atoms with Gasteiger partial charge in [0.2, 0.25) is 0 Å². The summed E-state index contributed by atoms with van der Waals surface area (Å²) in [5.41, 5.74) is 2.64. The molecular weight excluding hydrogens is 254 g/mol. The largest absolute Gasteiger partial charge is 0.459 e. The number of nitrogens with zero attached hydrogens (tertiary/aromatic N) is 2. The number of anilines is 1.